The standard InChI is InChI=1S/C4H78N26Si28/c31-5-48-1-49(6-32)24-56(26-53(23-48)2-51-14-35-8-36-15-51)25-50(7-33)3-55-17-40-20-58-28(43-13-45-30(55)58)47-22-52(21-46-27-41-10-34-11-42-27)4-54-16-37-9-38-18-57-19-39-12-44-29(54)57/h5-26,48-58H,1-4,34-47H2,31-33H3. The third-order valence-electron chi connectivity index (χ3n) is 12.0. The average Bonchev–Trinajstić information content (AvgIpc) is 3.25. The molecule has 7 saturated heterocycles. The van der Waals surface area contributed by atoms with Crippen molar-refractivity contribution in [3.63, 3.8) is 0 Å². The number of nitrogens with zero attached hydrogens (tertiary/aromatic N) is 4. The minimum atomic E-state index is -1.48. The van der Waals surface area contributed by atoms with E-state index in [1.807, 2.05) is 0 Å². The maximum absolute atomic E-state index is 4.53. The van der Waals surface area contributed by atoms with E-state index in [1.54, 1.807) is 0 Å². The Balaban J connectivity index is 0.965. The largest absolute Gasteiger partial charge is 0.358 e. The van der Waals surface area contributed by atoms with Crippen molar-refractivity contribution < 1.29 is 0 Å². The highest BCUT2D eigenvalue weighted by Crippen LogP contribution is 2.09. The number of fused-ring (bicyclic) bond motifs is 2. The molecule has 7 fully saturated rings. The monoisotopic (exact) mass is 1270 g/mol. The van der Waals surface area contributed by atoms with Gasteiger partial charge in [0.2, 0.25) is 27.8 Å². The first-order valence-electron chi connectivity index (χ1n) is 21.5. The third kappa shape index (κ3) is 16.3. The highest BCUT2D eigenvalue weighted by Gasteiger charge is 2.42. The Morgan fingerprint density at radius 3 is 2.03 bits per heavy atom. The van der Waals surface area contributed by atoms with E-state index < -0.39 is 120 Å². The Labute approximate surface area is 406 Å². The molecule has 10 unspecified atom stereocenters. The van der Waals surface area contributed by atoms with E-state index in [0.717, 1.165) is 31.2 Å². The second kappa shape index (κ2) is 28.5. The Morgan fingerprint density at radius 1 is 0.586 bits per heavy atom. The van der Waals surface area contributed by atoms with Crippen LogP contribution in [0.15, 0.2) is 0 Å². The summed E-state index contributed by atoms with van der Waals surface area (Å²) in [5.41, 5.74) is 5.72. The van der Waals surface area contributed by atoms with Gasteiger partial charge in [0, 0.05) is 0 Å². The Morgan fingerprint density at radius 2 is 1.24 bits per heavy atom. The molecule has 0 aliphatic carbocycles. The van der Waals surface area contributed by atoms with Gasteiger partial charge in [-0.15, -0.1) is 0 Å². The van der Waals surface area contributed by atoms with Crippen LogP contribution in [0.3, 0.4) is 0 Å². The molecular formula is C4H78N26Si28. The lowest BCUT2D eigenvalue weighted by atomic mass is 11.9. The van der Waals surface area contributed by atoms with Gasteiger partial charge in [0.05, 0.1) is 31.2 Å². The Bertz CT molecular complexity index is 1150. The molecule has 0 aromatic heterocycles. The van der Waals surface area contributed by atoms with Crippen LogP contribution in [0.1, 0.15) is 0 Å². The summed E-state index contributed by atoms with van der Waals surface area (Å²) in [6.45, 7) is 0. The van der Waals surface area contributed by atoms with Crippen LogP contribution in [0, 0.1) is 0 Å². The van der Waals surface area contributed by atoms with Gasteiger partial charge in [0.1, 0.15) is 0 Å². The minimum Gasteiger partial charge on any atom is -0.358 e. The summed E-state index contributed by atoms with van der Waals surface area (Å²) in [7, 11) is -14.0. The van der Waals surface area contributed by atoms with Gasteiger partial charge in [0.25, 0.3) is 0 Å². The molecule has 7 heterocycles. The van der Waals surface area contributed by atoms with Crippen LogP contribution in [-0.4, -0.2) is 285 Å². The molecule has 0 aromatic carbocycles. The van der Waals surface area contributed by atoms with E-state index in [-0.39, 0.29) is 118 Å². The van der Waals surface area contributed by atoms with Crippen molar-refractivity contribution in [2.24, 2.45) is 0 Å². The fourth-order valence-corrected chi connectivity index (χ4v) is 160. The predicted molar refractivity (Wildman–Crippen MR) is 324 cm³/mol. The normalized spacial score (nSPS) is 42.3. The van der Waals surface area contributed by atoms with Crippen LogP contribution in [0.4, 0.5) is 0 Å². The van der Waals surface area contributed by atoms with Crippen molar-refractivity contribution in [1.29, 1.82) is 0 Å². The van der Waals surface area contributed by atoms with Gasteiger partial charge in [0.15, 0.2) is 211 Å². The number of hydrogen-bond donors (Lipinski definition) is 22. The lowest BCUT2D eigenvalue weighted by molar-refractivity contribution is 0.782. The van der Waals surface area contributed by atoms with E-state index in [2.05, 4.69) is 118 Å². The SMILES string of the molecule is [SiH3]N[SiH]1C[SiH](N[SiH3])N[SiH](N[SiH](C[SiH]2N[SiH2]N[SiH]3N([SiH2]N[SiH](C[SiH]4N[SiH2]N[SiH2]N[SiH]5N[SiH2]N[SiH2]N45)N[SiH2]N4[SiH2]N[SiH2]N[SiH2]4)[SiH2]N[SiH2]N23)N[SiH3])N[SiH](C[SiH]2N[SiH2]N[SiH2]N2)N1. The van der Waals surface area contributed by atoms with Crippen molar-refractivity contribution in [3.8, 4) is 0 Å². The molecule has 58 heavy (non-hydrogen) atoms. The molecule has 0 radical (unpaired) electrons. The first-order valence-corrected chi connectivity index (χ1v) is 64.4. The first kappa shape index (κ1) is 50.9. The summed E-state index contributed by atoms with van der Waals surface area (Å²) in [4.78, 5) is 0. The molecule has 0 spiro atoms. The second-order valence-corrected chi connectivity index (χ2v) is 96.6. The Hall–Kier alpha value is 5.03. The number of rotatable bonds is 17. The van der Waals surface area contributed by atoms with E-state index in [1.165, 1.54) is 22.7 Å². The topological polar surface area (TPSA) is 278 Å². The molecule has 7 rings (SSSR count). The van der Waals surface area contributed by atoms with Crippen LogP contribution in [0.2, 0.25) is 22.7 Å². The van der Waals surface area contributed by atoms with Crippen LogP contribution in [0.5, 0.6) is 0 Å². The maximum Gasteiger partial charge on any atom is 0.246 e. The zero-order valence-electron chi connectivity index (χ0n) is 34.9. The fraction of sp³-hybridized carbons (Fsp3) is 1.00. The maximum atomic E-state index is 4.53. The van der Waals surface area contributed by atoms with Gasteiger partial charge < -0.3 is 118 Å². The molecule has 10 atom stereocenters. The molecule has 54 heteroatoms. The highest BCUT2D eigenvalue weighted by atomic mass is 28.5. The van der Waals surface area contributed by atoms with Gasteiger partial charge in [-0.3, -0.25) is 0 Å². The molecule has 22 N–H and O–H groups in total. The average molecular weight is 1280 g/mol. The first-order chi connectivity index (χ1) is 28.6. The van der Waals surface area contributed by atoms with E-state index in [4.69, 9.17) is 0 Å². The minimum absolute atomic E-state index is 0.131. The summed E-state index contributed by atoms with van der Waals surface area (Å²) < 4.78 is 103. The summed E-state index contributed by atoms with van der Waals surface area (Å²) in [5, 5.41) is 0. The van der Waals surface area contributed by atoms with Crippen LogP contribution in [0.25, 0.3) is 0 Å². The molecule has 7 aliphatic heterocycles. The molecule has 7 aliphatic rings. The zero-order valence-corrected chi connectivity index (χ0v) is 73.4. The third-order valence-corrected chi connectivity index (χ3v) is 108. The van der Waals surface area contributed by atoms with Crippen molar-refractivity contribution in [1.82, 2.24) is 118 Å². The highest BCUT2D eigenvalue weighted by molar-refractivity contribution is 7.00. The van der Waals surface area contributed by atoms with Gasteiger partial charge >= 0.3 is 0 Å². The van der Waals surface area contributed by atoms with Crippen molar-refractivity contribution in [2.45, 2.75) is 22.7 Å². The summed E-state index contributed by atoms with van der Waals surface area (Å²) >= 11 is 0. The zero-order chi connectivity index (χ0) is 39.9. The quantitative estimate of drug-likeness (QED) is 0.0603. The van der Waals surface area contributed by atoms with E-state index in [9.17, 15) is 0 Å². The summed E-state index contributed by atoms with van der Waals surface area (Å²) in [6.07, 6.45) is 0. The van der Waals surface area contributed by atoms with E-state index in [0.29, 0.717) is 0 Å². The van der Waals surface area contributed by atoms with Gasteiger partial charge in [-0.05, 0) is 22.7 Å². The van der Waals surface area contributed by atoms with Crippen LogP contribution >= 0.6 is 0 Å². The summed E-state index contributed by atoms with van der Waals surface area (Å²) in [6, 6.07) is 0. The van der Waals surface area contributed by atoms with E-state index >= 15 is 0 Å². The second-order valence-electron chi connectivity index (χ2n) is 16.0. The molecule has 26 nitrogen and oxygen atoms in total. The molecular weight excluding hydrogens is 1200 g/mol. The Kier molecular flexibility index (Phi) is 25.0. The molecule has 0 bridgehead atoms. The summed E-state index contributed by atoms with van der Waals surface area (Å²) in [5.74, 6) is 0. The predicted octanol–water partition coefficient (Wildman–Crippen LogP) is -33.8. The van der Waals surface area contributed by atoms with Crippen molar-refractivity contribution in [2.75, 3.05) is 0 Å². The van der Waals surface area contributed by atoms with Gasteiger partial charge in [-0.25, -0.2) is 0 Å². The smallest absolute Gasteiger partial charge is 0.246 e. The lowest BCUT2D eigenvalue weighted by Gasteiger charge is -2.50. The lowest BCUT2D eigenvalue weighted by Crippen LogP contribution is -2.84. The van der Waals surface area contributed by atoms with Crippen molar-refractivity contribution in [3.05, 3.63) is 0 Å². The fourth-order valence-electron chi connectivity index (χ4n) is 8.76. The molecule has 0 aromatic rings. The molecule has 336 valence electrons. The number of hydrogen-bond acceptors (Lipinski definition) is 26. The van der Waals surface area contributed by atoms with Gasteiger partial charge in [-0.2, -0.15) is 0 Å². The molecule has 0 amide bonds. The van der Waals surface area contributed by atoms with Crippen LogP contribution in [-0.2, 0) is 0 Å². The van der Waals surface area contributed by atoms with Crippen LogP contribution < -0.4 is 102 Å². The van der Waals surface area contributed by atoms with Gasteiger partial charge in [-0.1, -0.05) is 0 Å². The van der Waals surface area contributed by atoms with Crippen molar-refractivity contribution >= 4 is 270 Å². The molecule has 0 saturated carbocycles. The number of nitrogens with one attached hydrogen (secondary N) is 22.